The van der Waals surface area contributed by atoms with E-state index in [0.717, 1.165) is 5.69 Å². The minimum absolute atomic E-state index is 0.188. The molecule has 0 aliphatic carbocycles. The molecule has 0 saturated heterocycles. The van der Waals surface area contributed by atoms with Gasteiger partial charge >= 0.3 is 0 Å². The molecule has 0 unspecified atom stereocenters. The molecule has 0 heterocycles. The Hall–Kier alpha value is -0.700. The Morgan fingerprint density at radius 3 is 2.33 bits per heavy atom. The Bertz CT molecular complexity index is 238. The normalized spacial score (nSPS) is 8.42. The van der Waals surface area contributed by atoms with Crippen molar-refractivity contribution < 1.29 is 4.39 Å². The maximum Gasteiger partial charge on any atom is 0.126 e. The largest absolute Gasteiger partial charge is 0.332 e. The van der Waals surface area contributed by atoms with Crippen molar-refractivity contribution in [2.24, 2.45) is 0 Å². The van der Waals surface area contributed by atoms with E-state index in [4.69, 9.17) is 0 Å². The monoisotopic (exact) mass is 187 g/mol. The highest BCUT2D eigenvalue weighted by Gasteiger charge is 1.95. The van der Waals surface area contributed by atoms with Crippen LogP contribution in [0.1, 0.15) is 19.4 Å². The van der Waals surface area contributed by atoms with Gasteiger partial charge in [0.2, 0.25) is 0 Å². The summed E-state index contributed by atoms with van der Waals surface area (Å²) in [5, 5.41) is 0. The molecule has 0 radical (unpaired) electrons. The number of anilines is 1. The molecular formula is C9H14FNS. The molecule has 3 heteroatoms. The molecule has 0 fully saturated rings. The second-order valence-corrected chi connectivity index (χ2v) is 2.30. The van der Waals surface area contributed by atoms with Gasteiger partial charge in [0.1, 0.15) is 5.82 Å². The van der Waals surface area contributed by atoms with Gasteiger partial charge in [0.15, 0.2) is 0 Å². The summed E-state index contributed by atoms with van der Waals surface area (Å²) in [6, 6.07) is 4.74. The predicted octanol–water partition coefficient (Wildman–Crippen LogP) is 3.42. The van der Waals surface area contributed by atoms with E-state index in [9.17, 15) is 4.39 Å². The number of rotatable bonds is 1. The Kier molecular flexibility index (Phi) is 5.54. The van der Waals surface area contributed by atoms with Gasteiger partial charge in [0.05, 0.1) is 0 Å². The predicted molar refractivity (Wildman–Crippen MR) is 55.1 cm³/mol. The molecule has 1 aromatic carbocycles. The van der Waals surface area contributed by atoms with Crippen molar-refractivity contribution >= 4 is 18.5 Å². The van der Waals surface area contributed by atoms with Crippen LogP contribution in [0, 0.1) is 12.7 Å². The van der Waals surface area contributed by atoms with Gasteiger partial charge in [-0.3, -0.25) is 0 Å². The topological polar surface area (TPSA) is 12.0 Å². The Morgan fingerprint density at radius 2 is 1.92 bits per heavy atom. The molecule has 68 valence electrons. The van der Waals surface area contributed by atoms with Crippen LogP contribution < -0.4 is 4.72 Å². The number of nitrogens with one attached hydrogen (secondary N) is 1. The van der Waals surface area contributed by atoms with E-state index in [1.807, 2.05) is 13.8 Å². The van der Waals surface area contributed by atoms with Gasteiger partial charge < -0.3 is 4.72 Å². The van der Waals surface area contributed by atoms with E-state index in [2.05, 4.69) is 17.5 Å². The van der Waals surface area contributed by atoms with Gasteiger partial charge in [-0.05, 0) is 30.7 Å². The van der Waals surface area contributed by atoms with E-state index < -0.39 is 0 Å². The first-order chi connectivity index (χ1) is 5.74. The summed E-state index contributed by atoms with van der Waals surface area (Å²) in [6.07, 6.45) is 0. The third-order valence-electron chi connectivity index (χ3n) is 1.29. The number of benzene rings is 1. The average molecular weight is 187 g/mol. The van der Waals surface area contributed by atoms with Crippen LogP contribution in [0.15, 0.2) is 18.2 Å². The van der Waals surface area contributed by atoms with Crippen LogP contribution in [0.3, 0.4) is 0 Å². The minimum Gasteiger partial charge on any atom is -0.332 e. The molecular weight excluding hydrogens is 173 g/mol. The van der Waals surface area contributed by atoms with Crippen LogP contribution >= 0.6 is 12.8 Å². The fraction of sp³-hybridized carbons (Fsp3) is 0.333. The van der Waals surface area contributed by atoms with Gasteiger partial charge in [0, 0.05) is 5.69 Å². The van der Waals surface area contributed by atoms with Gasteiger partial charge in [-0.15, -0.1) is 0 Å². The lowest BCUT2D eigenvalue weighted by Gasteiger charge is -1.99. The smallest absolute Gasteiger partial charge is 0.126 e. The fourth-order valence-corrected chi connectivity index (χ4v) is 0.853. The molecule has 0 bridgehead atoms. The molecule has 1 N–H and O–H groups in total. The first-order valence-corrected chi connectivity index (χ1v) is 4.35. The van der Waals surface area contributed by atoms with Crippen molar-refractivity contribution in [1.29, 1.82) is 0 Å². The van der Waals surface area contributed by atoms with Crippen molar-refractivity contribution in [3.8, 4) is 0 Å². The summed E-state index contributed by atoms with van der Waals surface area (Å²) >= 11 is 3.82. The second-order valence-electron chi connectivity index (χ2n) is 2.08. The summed E-state index contributed by atoms with van der Waals surface area (Å²) < 4.78 is 15.2. The molecule has 0 spiro atoms. The second kappa shape index (κ2) is 5.89. The molecule has 0 amide bonds. The van der Waals surface area contributed by atoms with Crippen LogP contribution in [0.25, 0.3) is 0 Å². The number of thiol groups is 1. The SMILES string of the molecule is CC.Cc1cc(NS)ccc1F. The molecule has 1 rings (SSSR count). The Morgan fingerprint density at radius 1 is 1.33 bits per heavy atom. The minimum atomic E-state index is -0.188. The zero-order valence-electron chi connectivity index (χ0n) is 7.56. The van der Waals surface area contributed by atoms with Gasteiger partial charge in [0.25, 0.3) is 0 Å². The number of hydrogen-bond acceptors (Lipinski definition) is 2. The summed E-state index contributed by atoms with van der Waals surface area (Å²) in [5.74, 6) is -0.188. The summed E-state index contributed by atoms with van der Waals surface area (Å²) in [5.41, 5.74) is 1.43. The molecule has 0 saturated carbocycles. The zero-order valence-corrected chi connectivity index (χ0v) is 8.45. The summed E-state index contributed by atoms with van der Waals surface area (Å²) in [7, 11) is 0. The van der Waals surface area contributed by atoms with Crippen LogP contribution in [-0.2, 0) is 0 Å². The molecule has 0 aliphatic rings. The first kappa shape index (κ1) is 11.3. The molecule has 0 aromatic heterocycles. The lowest BCUT2D eigenvalue weighted by Crippen LogP contribution is -1.84. The zero-order chi connectivity index (χ0) is 9.56. The Balaban J connectivity index is 0.000000561. The number of halogens is 1. The van der Waals surface area contributed by atoms with E-state index >= 15 is 0 Å². The summed E-state index contributed by atoms with van der Waals surface area (Å²) in [4.78, 5) is 0. The lowest BCUT2D eigenvalue weighted by atomic mass is 10.2. The molecule has 0 atom stereocenters. The maximum atomic E-state index is 12.6. The lowest BCUT2D eigenvalue weighted by molar-refractivity contribution is 0.619. The Labute approximate surface area is 78.5 Å². The highest BCUT2D eigenvalue weighted by atomic mass is 32.1. The van der Waals surface area contributed by atoms with E-state index in [0.29, 0.717) is 5.56 Å². The number of aryl methyl sites for hydroxylation is 1. The van der Waals surface area contributed by atoms with Crippen molar-refractivity contribution in [3.63, 3.8) is 0 Å². The highest BCUT2D eigenvalue weighted by molar-refractivity contribution is 7.81. The molecule has 1 aromatic rings. The van der Waals surface area contributed by atoms with Crippen LogP contribution in [0.4, 0.5) is 10.1 Å². The number of hydrogen-bond donors (Lipinski definition) is 2. The third kappa shape index (κ3) is 3.13. The van der Waals surface area contributed by atoms with E-state index in [1.165, 1.54) is 6.07 Å². The van der Waals surface area contributed by atoms with Gasteiger partial charge in [-0.2, -0.15) is 0 Å². The first-order valence-electron chi connectivity index (χ1n) is 3.90. The summed E-state index contributed by atoms with van der Waals surface area (Å²) in [6.45, 7) is 5.71. The molecule has 1 nitrogen and oxygen atoms in total. The third-order valence-corrected chi connectivity index (χ3v) is 1.55. The standard InChI is InChI=1S/C7H8FNS.C2H6/c1-5-4-6(9-10)2-3-7(5)8;1-2/h2-4,9-10H,1H3;1-2H3. The molecule has 0 aliphatic heterocycles. The van der Waals surface area contributed by atoms with E-state index in [1.54, 1.807) is 19.1 Å². The highest BCUT2D eigenvalue weighted by Crippen LogP contribution is 2.13. The van der Waals surface area contributed by atoms with Crippen molar-refractivity contribution in [3.05, 3.63) is 29.6 Å². The van der Waals surface area contributed by atoms with Crippen molar-refractivity contribution in [2.75, 3.05) is 4.72 Å². The van der Waals surface area contributed by atoms with Crippen LogP contribution in [0.5, 0.6) is 0 Å². The average Bonchev–Trinajstić information content (AvgIpc) is 2.13. The maximum absolute atomic E-state index is 12.6. The van der Waals surface area contributed by atoms with Gasteiger partial charge in [-0.25, -0.2) is 4.39 Å². The van der Waals surface area contributed by atoms with Crippen molar-refractivity contribution in [1.82, 2.24) is 0 Å². The van der Waals surface area contributed by atoms with Gasteiger partial charge in [-0.1, -0.05) is 26.7 Å². The van der Waals surface area contributed by atoms with E-state index in [-0.39, 0.29) is 5.82 Å². The molecule has 12 heavy (non-hydrogen) atoms. The van der Waals surface area contributed by atoms with Crippen LogP contribution in [0.2, 0.25) is 0 Å². The fourth-order valence-electron chi connectivity index (χ4n) is 0.714. The quantitative estimate of drug-likeness (QED) is 0.642. The van der Waals surface area contributed by atoms with Crippen LogP contribution in [-0.4, -0.2) is 0 Å². The van der Waals surface area contributed by atoms with Crippen molar-refractivity contribution in [2.45, 2.75) is 20.8 Å².